The van der Waals surface area contributed by atoms with Gasteiger partial charge in [0.05, 0.1) is 12.2 Å². The van der Waals surface area contributed by atoms with E-state index < -0.39 is 112 Å². The van der Waals surface area contributed by atoms with E-state index in [0.717, 1.165) is 6.42 Å². The van der Waals surface area contributed by atoms with Crippen molar-refractivity contribution in [2.75, 3.05) is 33.7 Å². The second kappa shape index (κ2) is 35.8. The molecule has 1 aliphatic heterocycles. The van der Waals surface area contributed by atoms with Gasteiger partial charge in [-0.1, -0.05) is 101 Å². The predicted molar refractivity (Wildman–Crippen MR) is 330 cm³/mol. The van der Waals surface area contributed by atoms with Crippen LogP contribution in [0.25, 0.3) is 0 Å². The summed E-state index contributed by atoms with van der Waals surface area (Å²) in [5, 5.41) is 46.4. The summed E-state index contributed by atoms with van der Waals surface area (Å²) in [5.41, 5.74) is -4.86. The number of aliphatic hydroxyl groups excluding tert-OH is 2. The number of carbonyl (C=O) groups is 10. The van der Waals surface area contributed by atoms with E-state index in [2.05, 4.69) is 47.9 Å². The summed E-state index contributed by atoms with van der Waals surface area (Å²) >= 11 is 0. The van der Waals surface area contributed by atoms with Gasteiger partial charge in [-0.2, -0.15) is 0 Å². The first kappa shape index (κ1) is 77.3. The van der Waals surface area contributed by atoms with Crippen molar-refractivity contribution in [1.82, 2.24) is 57.7 Å². The second-order valence-electron chi connectivity index (χ2n) is 27.1. The van der Waals surface area contributed by atoms with E-state index in [9.17, 15) is 58.2 Å². The minimum absolute atomic E-state index is 0.00395. The molecular formula is C62H113N11O12. The van der Waals surface area contributed by atoms with Crippen LogP contribution in [0.3, 0.4) is 0 Å². The third kappa shape index (κ3) is 27.7. The molecule has 0 aromatic rings. The molecule has 1 aliphatic rings. The zero-order chi connectivity index (χ0) is 65.5. The molecule has 1 rings (SSSR count). The van der Waals surface area contributed by atoms with Gasteiger partial charge >= 0.3 is 0 Å². The molecule has 23 heteroatoms. The lowest BCUT2D eigenvalue weighted by Gasteiger charge is -2.34. The molecule has 1 heterocycles. The van der Waals surface area contributed by atoms with Crippen LogP contribution in [0.15, 0.2) is 12.2 Å². The fourth-order valence-electron chi connectivity index (χ4n) is 9.75. The molecule has 85 heavy (non-hydrogen) atoms. The molecule has 0 saturated carbocycles. The van der Waals surface area contributed by atoms with Crippen molar-refractivity contribution >= 4 is 59.1 Å². The van der Waals surface area contributed by atoms with Crippen LogP contribution >= 0.6 is 0 Å². The van der Waals surface area contributed by atoms with Gasteiger partial charge in [-0.3, -0.25) is 47.9 Å². The van der Waals surface area contributed by atoms with Gasteiger partial charge in [0.25, 0.3) is 0 Å². The Balaban J connectivity index is 3.40. The van der Waals surface area contributed by atoms with Crippen LogP contribution in [0.4, 0.5) is 0 Å². The molecule has 1 fully saturated rings. The van der Waals surface area contributed by atoms with Gasteiger partial charge in [0.2, 0.25) is 59.1 Å². The first-order valence-corrected chi connectivity index (χ1v) is 30.9. The Morgan fingerprint density at radius 2 is 1.15 bits per heavy atom. The number of hydrogen-bond acceptors (Lipinski definition) is 13. The summed E-state index contributed by atoms with van der Waals surface area (Å²) in [7, 11) is 3.78. The highest BCUT2D eigenvalue weighted by atomic mass is 16.3. The third-order valence-electron chi connectivity index (χ3n) is 15.2. The molecule has 11 unspecified atom stereocenters. The zero-order valence-electron chi connectivity index (χ0n) is 55.3. The molecule has 0 bridgehead atoms. The average Bonchev–Trinajstić information content (AvgIpc) is 3.42. The molecule has 0 radical (unpaired) electrons. The Morgan fingerprint density at radius 1 is 0.624 bits per heavy atom. The van der Waals surface area contributed by atoms with Crippen molar-refractivity contribution in [1.29, 1.82) is 0 Å². The van der Waals surface area contributed by atoms with Crippen LogP contribution in [0.2, 0.25) is 0 Å². The van der Waals surface area contributed by atoms with E-state index in [-0.39, 0.29) is 79.7 Å². The minimum Gasteiger partial charge on any atom is -0.393 e. The number of aliphatic hydroxyl groups is 2. The summed E-state index contributed by atoms with van der Waals surface area (Å²) in [6, 6.07) is -6.29. The maximum atomic E-state index is 14.5. The summed E-state index contributed by atoms with van der Waals surface area (Å²) < 4.78 is 0. The molecule has 11 N–H and O–H groups in total. The van der Waals surface area contributed by atoms with Gasteiger partial charge in [0.1, 0.15) is 46.8 Å². The van der Waals surface area contributed by atoms with Crippen molar-refractivity contribution in [3.8, 4) is 0 Å². The number of likely N-dealkylation sites (N-methyl/N-ethyl adjacent to an activating group) is 1. The topological polar surface area (TPSA) is 326 Å². The molecule has 488 valence electrons. The van der Waals surface area contributed by atoms with Crippen molar-refractivity contribution in [3.63, 3.8) is 0 Å². The zero-order valence-corrected chi connectivity index (χ0v) is 55.3. The largest absolute Gasteiger partial charge is 0.393 e. The minimum atomic E-state index is -1.79. The number of allylic oxidation sites excluding steroid dienone is 1. The molecule has 0 aliphatic carbocycles. The Morgan fingerprint density at radius 3 is 1.69 bits per heavy atom. The average molecular weight is 1200 g/mol. The van der Waals surface area contributed by atoms with Gasteiger partial charge in [-0.25, -0.2) is 0 Å². The smallest absolute Gasteiger partial charge is 0.246 e. The van der Waals surface area contributed by atoms with Crippen molar-refractivity contribution < 1.29 is 58.2 Å². The van der Waals surface area contributed by atoms with E-state index in [1.54, 1.807) is 13.8 Å². The number of hydrogen-bond donors (Lipinski definition) is 11. The van der Waals surface area contributed by atoms with E-state index in [0.29, 0.717) is 45.2 Å². The lowest BCUT2D eigenvalue weighted by molar-refractivity contribution is -0.140. The highest BCUT2D eigenvalue weighted by molar-refractivity contribution is 6.00. The Hall–Kier alpha value is -5.68. The van der Waals surface area contributed by atoms with Gasteiger partial charge in [-0.15, -0.1) is 0 Å². The maximum Gasteiger partial charge on any atom is 0.246 e. The standard InChI is InChI=1S/C62H113N11O12/c1-21-39(9)26-27-49(76)73-34-41(11)33-47(73)55(81)66-46(32-40(10)24-23-25-43(74)22-2)53(79)68-50(51(77)38(7)8)56(82)70-61(15,16)58(84)67-44(30-36(3)4)52(78)65-45(31-37(5)6)54(80)69-62(17,18)59(85)71-60(13,14)57(83)63-29-28-48(75)64-42(12)35-72(19)20/h26-27,36-47,50-51,74,77H,21-25,28-35H2,1-20H3,(H,63,83)(H,64,75)(H,65,78)(H,66,81)(H,67,84)(H,68,79)(H,69,80)(H,70,82)(H,71,85). The molecular weight excluding hydrogens is 1090 g/mol. The van der Waals surface area contributed by atoms with Crippen LogP contribution < -0.4 is 47.9 Å². The molecule has 10 amide bonds. The number of amides is 10. The highest BCUT2D eigenvalue weighted by Crippen LogP contribution is 2.25. The second-order valence-corrected chi connectivity index (χ2v) is 27.1. The van der Waals surface area contributed by atoms with Crippen molar-refractivity contribution in [3.05, 3.63) is 12.2 Å². The highest BCUT2D eigenvalue weighted by Gasteiger charge is 2.43. The summed E-state index contributed by atoms with van der Waals surface area (Å²) in [6.45, 7) is 31.8. The molecule has 11 atom stereocenters. The molecule has 0 aromatic carbocycles. The molecule has 0 aromatic heterocycles. The lowest BCUT2D eigenvalue weighted by Crippen LogP contribution is -2.66. The van der Waals surface area contributed by atoms with Crippen molar-refractivity contribution in [2.24, 2.45) is 35.5 Å². The summed E-state index contributed by atoms with van der Waals surface area (Å²) in [4.78, 5) is 142. The number of likely N-dealkylation sites (tertiary alicyclic amines) is 1. The van der Waals surface area contributed by atoms with Gasteiger partial charge in [0, 0.05) is 32.1 Å². The van der Waals surface area contributed by atoms with E-state index >= 15 is 0 Å². The van der Waals surface area contributed by atoms with Crippen molar-refractivity contribution in [2.45, 2.75) is 254 Å². The Kier molecular flexibility index (Phi) is 32.6. The number of nitrogens with zero attached hydrogens (tertiary/aromatic N) is 2. The number of rotatable bonds is 37. The molecule has 23 nitrogen and oxygen atoms in total. The first-order valence-electron chi connectivity index (χ1n) is 30.9. The fraction of sp³-hybridized carbons (Fsp3) is 0.806. The van der Waals surface area contributed by atoms with Crippen LogP contribution in [0.1, 0.15) is 189 Å². The lowest BCUT2D eigenvalue weighted by atomic mass is 9.93. The van der Waals surface area contributed by atoms with E-state index in [4.69, 9.17) is 0 Å². The molecule has 0 spiro atoms. The monoisotopic (exact) mass is 1200 g/mol. The quantitative estimate of drug-likeness (QED) is 0.0399. The Labute approximate surface area is 508 Å². The number of carbonyl (C=O) groups excluding carboxylic acids is 10. The van der Waals surface area contributed by atoms with Crippen LogP contribution in [0.5, 0.6) is 0 Å². The predicted octanol–water partition coefficient (Wildman–Crippen LogP) is 3.10. The van der Waals surface area contributed by atoms with Gasteiger partial charge in [-0.05, 0) is 143 Å². The first-order chi connectivity index (χ1) is 39.2. The SMILES string of the molecule is CCC(C)C=CC(=O)N1CC(C)CC1C(=O)NC(CC(C)CCCC(O)CC)C(=O)NC(C(=O)NC(C)(C)C(=O)NC(CC(C)C)C(=O)NC(CC(C)C)C(=O)NC(C)(C)C(=O)NC(C)(C)C(=O)NCCC(=O)NC(C)CN(C)C)C(O)C(C)C. The summed E-state index contributed by atoms with van der Waals surface area (Å²) in [6.07, 6.45) is 5.24. The van der Waals surface area contributed by atoms with Gasteiger partial charge in [0.15, 0.2) is 0 Å². The third-order valence-corrected chi connectivity index (χ3v) is 15.2. The van der Waals surface area contributed by atoms with Crippen LogP contribution in [-0.2, 0) is 47.9 Å². The summed E-state index contributed by atoms with van der Waals surface area (Å²) in [5.74, 6) is -7.26. The van der Waals surface area contributed by atoms with Gasteiger partial charge < -0.3 is 67.9 Å². The van der Waals surface area contributed by atoms with Crippen LogP contribution in [-0.4, -0.2) is 178 Å². The Bertz CT molecular complexity index is 2250. The van der Waals surface area contributed by atoms with E-state index in [1.165, 1.54) is 52.5 Å². The normalized spacial score (nSPS) is 18.1. The van der Waals surface area contributed by atoms with Crippen LogP contribution in [0, 0.1) is 35.5 Å². The molecule has 1 saturated heterocycles. The number of nitrogens with one attached hydrogen (secondary N) is 9. The van der Waals surface area contributed by atoms with E-state index in [1.807, 2.05) is 94.3 Å². The maximum absolute atomic E-state index is 14.5. The fourth-order valence-corrected chi connectivity index (χ4v) is 9.75.